The molecule has 0 heterocycles. The molecule has 2 rings (SSSR count). The van der Waals surface area contributed by atoms with Crippen molar-refractivity contribution in [3.05, 3.63) is 65.2 Å². The van der Waals surface area contributed by atoms with Crippen LogP contribution in [0.2, 0.25) is 0 Å². The van der Waals surface area contributed by atoms with E-state index >= 15 is 0 Å². The van der Waals surface area contributed by atoms with Gasteiger partial charge in [0, 0.05) is 5.69 Å². The third-order valence-corrected chi connectivity index (χ3v) is 3.78. The van der Waals surface area contributed by atoms with Gasteiger partial charge in [-0.15, -0.1) is 0 Å². The summed E-state index contributed by atoms with van der Waals surface area (Å²) in [6.07, 6.45) is 0. The summed E-state index contributed by atoms with van der Waals surface area (Å²) in [6.45, 7) is 7.92. The van der Waals surface area contributed by atoms with Crippen LogP contribution in [0.3, 0.4) is 0 Å². The van der Waals surface area contributed by atoms with Crippen molar-refractivity contribution < 1.29 is 4.79 Å². The van der Waals surface area contributed by atoms with Gasteiger partial charge in [-0.2, -0.15) is 0 Å². The van der Waals surface area contributed by atoms with Crippen LogP contribution in [0.25, 0.3) is 0 Å². The van der Waals surface area contributed by atoms with Gasteiger partial charge in [-0.1, -0.05) is 48.5 Å². The van der Waals surface area contributed by atoms with Crippen molar-refractivity contribution in [3.63, 3.8) is 0 Å². The molecule has 104 valence electrons. The predicted octanol–water partition coefficient (Wildman–Crippen LogP) is 4.22. The molecule has 1 amide bonds. The molecule has 0 saturated heterocycles. The lowest BCUT2D eigenvalue weighted by Gasteiger charge is -2.25. The number of hydrogen-bond donors (Lipinski definition) is 1. The normalized spacial score (nSPS) is 11.2. The number of amides is 1. The Labute approximate surface area is 120 Å². The van der Waals surface area contributed by atoms with E-state index in [1.807, 2.05) is 76.2 Å². The van der Waals surface area contributed by atoms with E-state index in [4.69, 9.17) is 0 Å². The van der Waals surface area contributed by atoms with E-state index in [0.29, 0.717) is 0 Å². The highest BCUT2D eigenvalue weighted by atomic mass is 16.2. The summed E-state index contributed by atoms with van der Waals surface area (Å²) < 4.78 is 0. The van der Waals surface area contributed by atoms with E-state index in [9.17, 15) is 4.79 Å². The fourth-order valence-electron chi connectivity index (χ4n) is 2.27. The van der Waals surface area contributed by atoms with Crippen molar-refractivity contribution in [2.45, 2.75) is 33.1 Å². The van der Waals surface area contributed by atoms with Gasteiger partial charge in [0.25, 0.3) is 0 Å². The van der Waals surface area contributed by atoms with Gasteiger partial charge >= 0.3 is 0 Å². The van der Waals surface area contributed by atoms with Crippen molar-refractivity contribution in [1.29, 1.82) is 0 Å². The predicted molar refractivity (Wildman–Crippen MR) is 84.0 cm³/mol. The SMILES string of the molecule is Cc1cccc(C)c1NC(=O)C(C)(C)c1ccccc1. The van der Waals surface area contributed by atoms with Crippen molar-refractivity contribution in [3.8, 4) is 0 Å². The van der Waals surface area contributed by atoms with Crippen LogP contribution in [0.15, 0.2) is 48.5 Å². The van der Waals surface area contributed by atoms with Gasteiger partial charge < -0.3 is 5.32 Å². The summed E-state index contributed by atoms with van der Waals surface area (Å²) in [5, 5.41) is 3.08. The topological polar surface area (TPSA) is 29.1 Å². The standard InChI is InChI=1S/C18H21NO/c1-13-9-8-10-14(2)16(13)19-17(20)18(3,4)15-11-6-5-7-12-15/h5-12H,1-4H3,(H,19,20). The van der Waals surface area contributed by atoms with E-state index in [-0.39, 0.29) is 5.91 Å². The van der Waals surface area contributed by atoms with Crippen LogP contribution in [-0.2, 0) is 10.2 Å². The molecule has 0 unspecified atom stereocenters. The lowest BCUT2D eigenvalue weighted by molar-refractivity contribution is -0.120. The first-order valence-corrected chi connectivity index (χ1v) is 6.86. The summed E-state index contributed by atoms with van der Waals surface area (Å²) in [6, 6.07) is 15.9. The Balaban J connectivity index is 2.28. The second kappa shape index (κ2) is 5.49. The smallest absolute Gasteiger partial charge is 0.234 e. The first-order chi connectivity index (χ1) is 9.43. The maximum absolute atomic E-state index is 12.6. The fourth-order valence-corrected chi connectivity index (χ4v) is 2.27. The monoisotopic (exact) mass is 267 g/mol. The van der Waals surface area contributed by atoms with Gasteiger partial charge in [-0.3, -0.25) is 4.79 Å². The van der Waals surface area contributed by atoms with Gasteiger partial charge in [-0.05, 0) is 44.4 Å². The second-order valence-corrected chi connectivity index (χ2v) is 5.71. The average molecular weight is 267 g/mol. The zero-order valence-electron chi connectivity index (χ0n) is 12.5. The zero-order valence-corrected chi connectivity index (χ0v) is 12.5. The van der Waals surface area contributed by atoms with Gasteiger partial charge in [0.2, 0.25) is 5.91 Å². The van der Waals surface area contributed by atoms with E-state index in [2.05, 4.69) is 5.32 Å². The molecule has 0 atom stereocenters. The molecule has 2 aromatic rings. The molecular formula is C18H21NO. The molecule has 0 aliphatic heterocycles. The van der Waals surface area contributed by atoms with Gasteiger partial charge in [-0.25, -0.2) is 0 Å². The highest BCUT2D eigenvalue weighted by Gasteiger charge is 2.30. The Morgan fingerprint density at radius 2 is 1.45 bits per heavy atom. The number of para-hydroxylation sites is 1. The van der Waals surface area contributed by atoms with E-state index in [0.717, 1.165) is 22.4 Å². The summed E-state index contributed by atoms with van der Waals surface area (Å²) >= 11 is 0. The van der Waals surface area contributed by atoms with Crippen molar-refractivity contribution in [1.82, 2.24) is 0 Å². The Morgan fingerprint density at radius 3 is 2.00 bits per heavy atom. The van der Waals surface area contributed by atoms with Crippen LogP contribution in [0.5, 0.6) is 0 Å². The van der Waals surface area contributed by atoms with Gasteiger partial charge in [0.05, 0.1) is 5.41 Å². The van der Waals surface area contributed by atoms with Crippen LogP contribution >= 0.6 is 0 Å². The lowest BCUT2D eigenvalue weighted by atomic mass is 9.83. The number of hydrogen-bond acceptors (Lipinski definition) is 1. The van der Waals surface area contributed by atoms with E-state index in [1.54, 1.807) is 0 Å². The Hall–Kier alpha value is -2.09. The number of rotatable bonds is 3. The van der Waals surface area contributed by atoms with E-state index < -0.39 is 5.41 Å². The van der Waals surface area contributed by atoms with Gasteiger partial charge in [0.1, 0.15) is 0 Å². The molecule has 2 nitrogen and oxygen atoms in total. The minimum atomic E-state index is -0.560. The molecule has 0 bridgehead atoms. The molecule has 0 spiro atoms. The molecular weight excluding hydrogens is 246 g/mol. The van der Waals surface area contributed by atoms with E-state index in [1.165, 1.54) is 0 Å². The maximum Gasteiger partial charge on any atom is 0.234 e. The van der Waals surface area contributed by atoms with Crippen LogP contribution in [0.1, 0.15) is 30.5 Å². The Morgan fingerprint density at radius 1 is 0.900 bits per heavy atom. The molecule has 2 aromatic carbocycles. The molecule has 0 fully saturated rings. The summed E-state index contributed by atoms with van der Waals surface area (Å²) in [5.74, 6) is 0.0149. The largest absolute Gasteiger partial charge is 0.325 e. The lowest BCUT2D eigenvalue weighted by Crippen LogP contribution is -2.35. The van der Waals surface area contributed by atoms with Crippen molar-refractivity contribution in [2.24, 2.45) is 0 Å². The molecule has 0 aromatic heterocycles. The van der Waals surface area contributed by atoms with Crippen molar-refractivity contribution in [2.75, 3.05) is 5.32 Å². The molecule has 0 aliphatic rings. The van der Waals surface area contributed by atoms with Crippen LogP contribution in [0, 0.1) is 13.8 Å². The first kappa shape index (κ1) is 14.3. The first-order valence-electron chi connectivity index (χ1n) is 6.86. The number of benzene rings is 2. The molecule has 0 saturated carbocycles. The number of anilines is 1. The van der Waals surface area contributed by atoms with Crippen LogP contribution in [0.4, 0.5) is 5.69 Å². The zero-order chi connectivity index (χ0) is 14.8. The summed E-state index contributed by atoms with van der Waals surface area (Å²) in [4.78, 5) is 12.6. The molecule has 0 radical (unpaired) electrons. The minimum Gasteiger partial charge on any atom is -0.325 e. The number of aryl methyl sites for hydroxylation is 2. The Kier molecular flexibility index (Phi) is 3.93. The second-order valence-electron chi connectivity index (χ2n) is 5.71. The summed E-state index contributed by atoms with van der Waals surface area (Å²) in [5.41, 5.74) is 3.55. The molecule has 20 heavy (non-hydrogen) atoms. The quantitative estimate of drug-likeness (QED) is 0.886. The highest BCUT2D eigenvalue weighted by molar-refractivity contribution is 5.99. The molecule has 2 heteroatoms. The summed E-state index contributed by atoms with van der Waals surface area (Å²) in [7, 11) is 0. The van der Waals surface area contributed by atoms with Gasteiger partial charge in [0.15, 0.2) is 0 Å². The number of nitrogens with one attached hydrogen (secondary N) is 1. The Bertz CT molecular complexity index is 594. The minimum absolute atomic E-state index is 0.0149. The van der Waals surface area contributed by atoms with Crippen LogP contribution in [-0.4, -0.2) is 5.91 Å². The third-order valence-electron chi connectivity index (χ3n) is 3.78. The van der Waals surface area contributed by atoms with Crippen LogP contribution < -0.4 is 5.32 Å². The number of carbonyl (C=O) groups is 1. The highest BCUT2D eigenvalue weighted by Crippen LogP contribution is 2.27. The molecule has 1 N–H and O–H groups in total. The van der Waals surface area contributed by atoms with Crippen molar-refractivity contribution >= 4 is 11.6 Å². The maximum atomic E-state index is 12.6. The average Bonchev–Trinajstić information content (AvgIpc) is 2.43. The molecule has 0 aliphatic carbocycles. The fraction of sp³-hybridized carbons (Fsp3) is 0.278. The third kappa shape index (κ3) is 2.74. The number of carbonyl (C=O) groups excluding carboxylic acids is 1.